The Morgan fingerprint density at radius 1 is 1.50 bits per heavy atom. The molecular formula is C11H15FO2. The fourth-order valence-electron chi connectivity index (χ4n) is 1.24. The third-order valence-corrected chi connectivity index (χ3v) is 2.07. The molecule has 1 aromatic rings. The van der Waals surface area contributed by atoms with E-state index in [9.17, 15) is 4.39 Å². The first-order valence-electron chi connectivity index (χ1n) is 4.64. The van der Waals surface area contributed by atoms with Crippen LogP contribution >= 0.6 is 0 Å². The van der Waals surface area contributed by atoms with Crippen LogP contribution in [0.5, 0.6) is 5.75 Å². The van der Waals surface area contributed by atoms with Gasteiger partial charge < -0.3 is 9.84 Å². The first kappa shape index (κ1) is 11.0. The predicted molar refractivity (Wildman–Crippen MR) is 53.0 cm³/mol. The molecule has 0 aliphatic carbocycles. The van der Waals surface area contributed by atoms with Gasteiger partial charge in [-0.15, -0.1) is 0 Å². The van der Waals surface area contributed by atoms with E-state index in [-0.39, 0.29) is 17.7 Å². The Bertz CT molecular complexity index is 297. The van der Waals surface area contributed by atoms with E-state index in [2.05, 4.69) is 0 Å². The van der Waals surface area contributed by atoms with Crippen LogP contribution in [-0.2, 0) is 6.42 Å². The topological polar surface area (TPSA) is 29.5 Å². The molecule has 1 N–H and O–H groups in total. The zero-order valence-electron chi connectivity index (χ0n) is 8.46. The van der Waals surface area contributed by atoms with Gasteiger partial charge in [0.05, 0.1) is 13.2 Å². The second kappa shape index (κ2) is 4.96. The van der Waals surface area contributed by atoms with Gasteiger partial charge in [0.15, 0.2) is 11.6 Å². The molecule has 0 bridgehead atoms. The Balaban J connectivity index is 2.69. The molecule has 0 heterocycles. The predicted octanol–water partition coefficient (Wildman–Crippen LogP) is 2.15. The molecule has 0 spiro atoms. The van der Waals surface area contributed by atoms with Crippen LogP contribution in [0.15, 0.2) is 18.2 Å². The van der Waals surface area contributed by atoms with Crippen LogP contribution in [0.25, 0.3) is 0 Å². The summed E-state index contributed by atoms with van der Waals surface area (Å²) in [5.74, 6) is -0.0959. The van der Waals surface area contributed by atoms with E-state index in [1.807, 2.05) is 0 Å². The molecule has 0 aliphatic heterocycles. The minimum Gasteiger partial charge on any atom is -0.494 e. The van der Waals surface area contributed by atoms with Crippen LogP contribution in [-0.4, -0.2) is 18.3 Å². The van der Waals surface area contributed by atoms with Crippen molar-refractivity contribution in [1.29, 1.82) is 0 Å². The number of methoxy groups -OCH3 is 1. The SMILES string of the molecule is COc1cc(CC[C@@H](C)O)ccc1F. The van der Waals surface area contributed by atoms with Crippen molar-refractivity contribution in [3.8, 4) is 5.75 Å². The van der Waals surface area contributed by atoms with E-state index in [4.69, 9.17) is 9.84 Å². The molecule has 0 saturated carbocycles. The number of ether oxygens (including phenoxy) is 1. The molecule has 78 valence electrons. The number of aliphatic hydroxyl groups is 1. The fourth-order valence-corrected chi connectivity index (χ4v) is 1.24. The highest BCUT2D eigenvalue weighted by atomic mass is 19.1. The molecular weight excluding hydrogens is 183 g/mol. The minimum atomic E-state index is -0.353. The van der Waals surface area contributed by atoms with Gasteiger partial charge in [-0.3, -0.25) is 0 Å². The largest absolute Gasteiger partial charge is 0.494 e. The molecule has 0 saturated heterocycles. The molecule has 1 aromatic carbocycles. The summed E-state index contributed by atoms with van der Waals surface area (Å²) in [7, 11) is 1.44. The smallest absolute Gasteiger partial charge is 0.165 e. The molecule has 0 fully saturated rings. The lowest BCUT2D eigenvalue weighted by Gasteiger charge is -2.06. The highest BCUT2D eigenvalue weighted by molar-refractivity contribution is 5.30. The first-order valence-corrected chi connectivity index (χ1v) is 4.64. The Kier molecular flexibility index (Phi) is 3.89. The van der Waals surface area contributed by atoms with Gasteiger partial charge in [-0.25, -0.2) is 4.39 Å². The van der Waals surface area contributed by atoms with Crippen molar-refractivity contribution < 1.29 is 14.2 Å². The van der Waals surface area contributed by atoms with Crippen molar-refractivity contribution in [3.63, 3.8) is 0 Å². The number of benzene rings is 1. The Hall–Kier alpha value is -1.09. The third-order valence-electron chi connectivity index (χ3n) is 2.07. The van der Waals surface area contributed by atoms with Gasteiger partial charge in [0.1, 0.15) is 0 Å². The molecule has 14 heavy (non-hydrogen) atoms. The molecule has 0 aromatic heterocycles. The average Bonchev–Trinajstić information content (AvgIpc) is 2.16. The zero-order valence-corrected chi connectivity index (χ0v) is 8.46. The lowest BCUT2D eigenvalue weighted by atomic mass is 10.1. The summed E-state index contributed by atoms with van der Waals surface area (Å²) in [6, 6.07) is 4.76. The van der Waals surface area contributed by atoms with Crippen molar-refractivity contribution >= 4 is 0 Å². The Morgan fingerprint density at radius 2 is 2.21 bits per heavy atom. The zero-order chi connectivity index (χ0) is 10.6. The van der Waals surface area contributed by atoms with Crippen LogP contribution in [0, 0.1) is 5.82 Å². The standard InChI is InChI=1S/C11H15FO2/c1-8(13)3-4-9-5-6-10(12)11(7-9)14-2/h5-8,13H,3-4H2,1-2H3/t8-/m1/s1. The molecule has 1 atom stereocenters. The summed E-state index contributed by atoms with van der Waals surface area (Å²) in [6.07, 6.45) is 1.08. The quantitative estimate of drug-likeness (QED) is 0.803. The summed E-state index contributed by atoms with van der Waals surface area (Å²) >= 11 is 0. The highest BCUT2D eigenvalue weighted by Gasteiger charge is 2.04. The lowest BCUT2D eigenvalue weighted by molar-refractivity contribution is 0.185. The summed E-state index contributed by atoms with van der Waals surface area (Å²) in [5.41, 5.74) is 0.976. The van der Waals surface area contributed by atoms with Crippen molar-refractivity contribution in [2.75, 3.05) is 7.11 Å². The minimum absolute atomic E-state index is 0.257. The molecule has 3 heteroatoms. The van der Waals surface area contributed by atoms with Crippen LogP contribution < -0.4 is 4.74 Å². The monoisotopic (exact) mass is 198 g/mol. The third kappa shape index (κ3) is 3.00. The Labute approximate surface area is 83.3 Å². The second-order valence-corrected chi connectivity index (χ2v) is 3.36. The Morgan fingerprint density at radius 3 is 2.79 bits per heavy atom. The van der Waals surface area contributed by atoms with Crippen molar-refractivity contribution in [3.05, 3.63) is 29.6 Å². The number of hydrogen-bond donors (Lipinski definition) is 1. The number of aryl methyl sites for hydroxylation is 1. The lowest BCUT2D eigenvalue weighted by Crippen LogP contribution is -2.01. The van der Waals surface area contributed by atoms with Gasteiger partial charge in [0.2, 0.25) is 0 Å². The van der Waals surface area contributed by atoms with E-state index in [1.54, 1.807) is 19.1 Å². The fraction of sp³-hybridized carbons (Fsp3) is 0.455. The van der Waals surface area contributed by atoms with Crippen LogP contribution in [0.2, 0.25) is 0 Å². The van der Waals surface area contributed by atoms with Gasteiger partial charge in [0, 0.05) is 0 Å². The molecule has 0 amide bonds. The average molecular weight is 198 g/mol. The maximum atomic E-state index is 13.0. The maximum absolute atomic E-state index is 13.0. The van der Waals surface area contributed by atoms with E-state index >= 15 is 0 Å². The summed E-state index contributed by atoms with van der Waals surface area (Å²) in [4.78, 5) is 0. The molecule has 1 rings (SSSR count). The van der Waals surface area contributed by atoms with Gasteiger partial charge in [0.25, 0.3) is 0 Å². The van der Waals surface area contributed by atoms with E-state index < -0.39 is 0 Å². The van der Waals surface area contributed by atoms with Crippen molar-refractivity contribution in [2.24, 2.45) is 0 Å². The molecule has 0 radical (unpaired) electrons. The van der Waals surface area contributed by atoms with E-state index in [1.165, 1.54) is 13.2 Å². The number of aliphatic hydroxyl groups excluding tert-OH is 1. The van der Waals surface area contributed by atoms with Gasteiger partial charge >= 0.3 is 0 Å². The second-order valence-electron chi connectivity index (χ2n) is 3.36. The molecule has 0 unspecified atom stereocenters. The van der Waals surface area contributed by atoms with Crippen LogP contribution in [0.4, 0.5) is 4.39 Å². The molecule has 2 nitrogen and oxygen atoms in total. The summed E-state index contributed by atoms with van der Waals surface area (Å²) in [6.45, 7) is 1.74. The van der Waals surface area contributed by atoms with E-state index in [0.717, 1.165) is 12.0 Å². The number of halogens is 1. The van der Waals surface area contributed by atoms with Crippen LogP contribution in [0.1, 0.15) is 18.9 Å². The maximum Gasteiger partial charge on any atom is 0.165 e. The highest BCUT2D eigenvalue weighted by Crippen LogP contribution is 2.19. The normalized spacial score (nSPS) is 12.6. The first-order chi connectivity index (χ1) is 6.63. The molecule has 0 aliphatic rings. The van der Waals surface area contributed by atoms with Crippen molar-refractivity contribution in [1.82, 2.24) is 0 Å². The number of rotatable bonds is 4. The number of hydrogen-bond acceptors (Lipinski definition) is 2. The van der Waals surface area contributed by atoms with Gasteiger partial charge in [-0.1, -0.05) is 6.07 Å². The van der Waals surface area contributed by atoms with Gasteiger partial charge in [-0.2, -0.15) is 0 Å². The van der Waals surface area contributed by atoms with Gasteiger partial charge in [-0.05, 0) is 37.5 Å². The van der Waals surface area contributed by atoms with Crippen molar-refractivity contribution in [2.45, 2.75) is 25.9 Å². The summed E-state index contributed by atoms with van der Waals surface area (Å²) < 4.78 is 17.8. The van der Waals surface area contributed by atoms with E-state index in [0.29, 0.717) is 6.42 Å². The van der Waals surface area contributed by atoms with Crippen LogP contribution in [0.3, 0.4) is 0 Å². The summed E-state index contributed by atoms with van der Waals surface area (Å²) in [5, 5.41) is 9.09.